The van der Waals surface area contributed by atoms with Crippen molar-refractivity contribution in [1.82, 2.24) is 19.9 Å². The summed E-state index contributed by atoms with van der Waals surface area (Å²) in [5.41, 5.74) is -2.65. The third kappa shape index (κ3) is 5.95. The van der Waals surface area contributed by atoms with Gasteiger partial charge in [-0.15, -0.1) is 6.42 Å². The zero-order valence-corrected chi connectivity index (χ0v) is 27.3. The number of alkyl halides is 2. The molecule has 258 valence electrons. The maximum absolute atomic E-state index is 17.1. The lowest BCUT2D eigenvalue weighted by molar-refractivity contribution is -0.0517. The molecule has 3 fully saturated rings. The van der Waals surface area contributed by atoms with Gasteiger partial charge in [-0.3, -0.25) is 0 Å². The molecule has 0 spiro atoms. The van der Waals surface area contributed by atoms with Gasteiger partial charge in [0.15, 0.2) is 5.82 Å². The van der Waals surface area contributed by atoms with Gasteiger partial charge < -0.3 is 29.5 Å². The number of piperidine rings is 2. The third-order valence-electron chi connectivity index (χ3n) is 10.4. The fraction of sp³-hybridized carbons (Fsp3) is 0.472. The monoisotopic (exact) mass is 679 g/mol. The molecule has 2 N–H and O–H groups in total. The van der Waals surface area contributed by atoms with E-state index in [-0.39, 0.29) is 63.4 Å². The molecule has 2 aliphatic heterocycles. The smallest absolute Gasteiger partial charge is 0.388 e. The number of hydrogen-bond acceptors (Lipinski definition) is 9. The number of phenols is 1. The molecule has 49 heavy (non-hydrogen) atoms. The third-order valence-corrected chi connectivity index (χ3v) is 10.4. The lowest BCUT2D eigenvalue weighted by Crippen LogP contribution is -2.50. The number of aromatic nitrogens is 3. The zero-order valence-electron chi connectivity index (χ0n) is 27.3. The molecule has 2 aromatic heterocycles. The van der Waals surface area contributed by atoms with Crippen LogP contribution in [0.2, 0.25) is 0 Å². The van der Waals surface area contributed by atoms with E-state index < -0.39 is 40.9 Å². The van der Waals surface area contributed by atoms with Gasteiger partial charge in [-0.05, 0) is 82.6 Å². The number of hydrogen-bond donors (Lipinski definition) is 2. The maximum atomic E-state index is 17.1. The number of halogens is 4. The number of ether oxygens (including phenoxy) is 2. The molecule has 4 aromatic rings. The number of rotatable bonds is 7. The van der Waals surface area contributed by atoms with E-state index in [1.54, 1.807) is 11.8 Å². The van der Waals surface area contributed by atoms with E-state index in [0.717, 1.165) is 50.8 Å². The predicted molar refractivity (Wildman–Crippen MR) is 176 cm³/mol. The van der Waals surface area contributed by atoms with Crippen LogP contribution < -0.4 is 14.4 Å². The number of benzene rings is 2. The minimum absolute atomic E-state index is 0.0194. The maximum Gasteiger partial charge on any atom is 0.388 e. The van der Waals surface area contributed by atoms with Crippen molar-refractivity contribution in [3.05, 3.63) is 41.5 Å². The molecule has 7 rings (SSSR count). The Hall–Kier alpha value is -4.41. The molecule has 9 nitrogen and oxygen atoms in total. The minimum Gasteiger partial charge on any atom is -0.508 e. The number of fused-ring (bicyclic) bond motifs is 3. The summed E-state index contributed by atoms with van der Waals surface area (Å²) in [4.78, 5) is 17.3. The lowest BCUT2D eigenvalue weighted by Gasteiger charge is -2.44. The van der Waals surface area contributed by atoms with Gasteiger partial charge in [-0.1, -0.05) is 18.4 Å². The highest BCUT2D eigenvalue weighted by molar-refractivity contribution is 6.04. The fourth-order valence-corrected chi connectivity index (χ4v) is 8.28. The van der Waals surface area contributed by atoms with Gasteiger partial charge in [-0.25, -0.2) is 13.8 Å². The van der Waals surface area contributed by atoms with Crippen LogP contribution in [-0.2, 0) is 0 Å². The highest BCUT2D eigenvalue weighted by atomic mass is 19.3. The van der Waals surface area contributed by atoms with Crippen molar-refractivity contribution in [3.8, 4) is 41.2 Å². The molecule has 2 saturated heterocycles. The number of nitrogens with zero attached hydrogens (tertiary/aromatic N) is 5. The summed E-state index contributed by atoms with van der Waals surface area (Å²) < 4.78 is 71.3. The Labute approximate surface area is 280 Å². The van der Waals surface area contributed by atoms with Gasteiger partial charge >= 0.3 is 12.6 Å². The summed E-state index contributed by atoms with van der Waals surface area (Å²) in [6, 6.07) is 5.06. The van der Waals surface area contributed by atoms with Crippen LogP contribution in [0.1, 0.15) is 57.4 Å². The Bertz CT molecular complexity index is 1990. The van der Waals surface area contributed by atoms with Gasteiger partial charge in [-0.2, -0.15) is 18.7 Å². The first kappa shape index (κ1) is 33.1. The van der Waals surface area contributed by atoms with Gasteiger partial charge in [0.2, 0.25) is 5.88 Å². The highest BCUT2D eigenvalue weighted by Crippen LogP contribution is 2.48. The summed E-state index contributed by atoms with van der Waals surface area (Å²) in [5.74, 6) is -0.559. The fourth-order valence-electron chi connectivity index (χ4n) is 8.28. The van der Waals surface area contributed by atoms with Crippen molar-refractivity contribution in [2.24, 2.45) is 5.41 Å². The van der Waals surface area contributed by atoms with Crippen molar-refractivity contribution in [3.63, 3.8) is 0 Å². The van der Waals surface area contributed by atoms with Gasteiger partial charge in [0.05, 0.1) is 17.8 Å². The van der Waals surface area contributed by atoms with Crippen LogP contribution in [-0.4, -0.2) is 81.6 Å². The van der Waals surface area contributed by atoms with Crippen LogP contribution >= 0.6 is 0 Å². The summed E-state index contributed by atoms with van der Waals surface area (Å²) in [7, 11) is 2.10. The number of β-amino-alcohol motifs (C(OH)–C–C–N with tert-alkyl or cyclic N) is 1. The van der Waals surface area contributed by atoms with E-state index >= 15 is 4.39 Å². The van der Waals surface area contributed by atoms with E-state index in [2.05, 4.69) is 32.8 Å². The van der Waals surface area contributed by atoms with Gasteiger partial charge in [0, 0.05) is 35.5 Å². The average molecular weight is 680 g/mol. The van der Waals surface area contributed by atoms with Crippen molar-refractivity contribution >= 4 is 27.5 Å². The number of aliphatic hydroxyl groups is 1. The number of aromatic hydroxyl groups is 1. The summed E-state index contributed by atoms with van der Waals surface area (Å²) >= 11 is 0. The Kier molecular flexibility index (Phi) is 8.43. The number of likely N-dealkylation sites (tertiary alicyclic amines) is 1. The number of terminal acetylenes is 1. The van der Waals surface area contributed by atoms with Gasteiger partial charge in [0.25, 0.3) is 0 Å². The number of pyridine rings is 1. The van der Waals surface area contributed by atoms with Crippen molar-refractivity contribution in [1.29, 1.82) is 0 Å². The first-order valence-corrected chi connectivity index (χ1v) is 16.5. The minimum atomic E-state index is -3.37. The lowest BCUT2D eigenvalue weighted by atomic mass is 9.76. The number of phenolic OH excluding ortho intramolecular Hbond substituents is 1. The van der Waals surface area contributed by atoms with Crippen molar-refractivity contribution < 1.29 is 37.2 Å². The van der Waals surface area contributed by atoms with Crippen LogP contribution in [0.4, 0.5) is 23.4 Å². The molecule has 0 bridgehead atoms. The normalized spacial score (nSPS) is 24.4. The van der Waals surface area contributed by atoms with Crippen LogP contribution in [0.3, 0.4) is 0 Å². The molecule has 0 amide bonds. The molecule has 3 atom stereocenters. The molecule has 0 radical (unpaired) electrons. The van der Waals surface area contributed by atoms with E-state index in [4.69, 9.17) is 15.9 Å². The SMILES string of the molecule is C#Cc1c(F)ccc2cc(O)cc(-c3nc(OC(F)F)c4c(N5CCCC(C)(O)C5)nc(OCC56CCCC5N(C)CCC6)nc4c3F)c12. The second-order valence-corrected chi connectivity index (χ2v) is 13.8. The molecular formula is C36H37F4N5O4. The van der Waals surface area contributed by atoms with Crippen LogP contribution in [0, 0.1) is 29.4 Å². The Morgan fingerprint density at radius 3 is 2.59 bits per heavy atom. The molecule has 1 aliphatic carbocycles. The second kappa shape index (κ2) is 12.5. The molecule has 3 aliphatic rings. The summed E-state index contributed by atoms with van der Waals surface area (Å²) in [6.07, 6.45) is 11.7. The Balaban J connectivity index is 1.46. The molecule has 4 heterocycles. The summed E-state index contributed by atoms with van der Waals surface area (Å²) in [5, 5.41) is 21.6. The topological polar surface area (TPSA) is 104 Å². The highest BCUT2D eigenvalue weighted by Gasteiger charge is 2.47. The summed E-state index contributed by atoms with van der Waals surface area (Å²) in [6.45, 7) is -0.0226. The van der Waals surface area contributed by atoms with E-state index in [9.17, 15) is 23.4 Å². The standard InChI is InChI=1S/C36H37F4N5O4/c1-4-22-24(37)10-9-20-16-21(46)17-23(26(20)22)29-28(38)30-27(32(41-29)49-33(39)40)31(45-15-6-11-35(2,47)18-45)43-34(42-30)48-19-36-12-5-8-25(36)44(3)14-7-13-36/h1,9-10,16-17,25,33,46-47H,5-8,11-15,18-19H2,2-3H3. The Morgan fingerprint density at radius 1 is 1.06 bits per heavy atom. The predicted octanol–water partition coefficient (Wildman–Crippen LogP) is 6.41. The Morgan fingerprint density at radius 2 is 1.84 bits per heavy atom. The molecule has 3 unspecified atom stereocenters. The first-order chi connectivity index (χ1) is 23.4. The molecular weight excluding hydrogens is 642 g/mol. The first-order valence-electron chi connectivity index (χ1n) is 16.5. The quantitative estimate of drug-likeness (QED) is 0.170. The second-order valence-electron chi connectivity index (χ2n) is 13.8. The van der Waals surface area contributed by atoms with E-state index in [0.29, 0.717) is 25.4 Å². The average Bonchev–Trinajstić information content (AvgIpc) is 3.49. The zero-order chi connectivity index (χ0) is 34.7. The van der Waals surface area contributed by atoms with E-state index in [1.165, 1.54) is 12.1 Å². The van der Waals surface area contributed by atoms with Gasteiger partial charge in [0.1, 0.15) is 34.0 Å². The van der Waals surface area contributed by atoms with E-state index in [1.807, 2.05) is 0 Å². The molecule has 13 heteroatoms. The number of anilines is 1. The molecule has 2 aromatic carbocycles. The largest absolute Gasteiger partial charge is 0.508 e. The van der Waals surface area contributed by atoms with Crippen LogP contribution in [0.15, 0.2) is 24.3 Å². The van der Waals surface area contributed by atoms with Crippen LogP contribution in [0.25, 0.3) is 32.9 Å². The van der Waals surface area contributed by atoms with Crippen molar-refractivity contribution in [2.75, 3.05) is 38.2 Å². The molecule has 1 saturated carbocycles. The van der Waals surface area contributed by atoms with Crippen LogP contribution in [0.5, 0.6) is 17.6 Å². The van der Waals surface area contributed by atoms with Crippen molar-refractivity contribution in [2.45, 2.75) is 70.1 Å².